The number of hydrogen-bond donors (Lipinski definition) is 1. The topological polar surface area (TPSA) is 20.2 Å². The van der Waals surface area contributed by atoms with Crippen LogP contribution >= 0.6 is 0 Å². The van der Waals surface area contributed by atoms with E-state index in [1.165, 1.54) is 0 Å². The highest BCUT2D eigenvalue weighted by Crippen LogP contribution is 2.17. The highest BCUT2D eigenvalue weighted by molar-refractivity contribution is 5.65. The van der Waals surface area contributed by atoms with Crippen molar-refractivity contribution in [1.82, 2.24) is 0 Å². The van der Waals surface area contributed by atoms with Gasteiger partial charge in [0.05, 0.1) is 6.61 Å². The molecule has 0 saturated heterocycles. The van der Waals surface area contributed by atoms with E-state index in [0.29, 0.717) is 5.57 Å². The third-order valence-electron chi connectivity index (χ3n) is 1.75. The van der Waals surface area contributed by atoms with Crippen LogP contribution in [0.25, 0.3) is 5.57 Å². The van der Waals surface area contributed by atoms with Gasteiger partial charge in [-0.3, -0.25) is 0 Å². The summed E-state index contributed by atoms with van der Waals surface area (Å²) in [6.07, 6.45) is 0. The third-order valence-corrected chi connectivity index (χ3v) is 1.75. The Morgan fingerprint density at radius 2 is 1.92 bits per heavy atom. The third kappa shape index (κ3) is 1.92. The van der Waals surface area contributed by atoms with Gasteiger partial charge < -0.3 is 5.11 Å². The predicted octanol–water partition coefficient (Wildman–Crippen LogP) is 2.38. The average molecular weight is 166 g/mol. The number of rotatable bonds is 2. The van der Waals surface area contributed by atoms with E-state index in [0.717, 1.165) is 5.56 Å². The Morgan fingerprint density at radius 3 is 2.42 bits per heavy atom. The van der Waals surface area contributed by atoms with Crippen LogP contribution in [0.4, 0.5) is 4.39 Å². The lowest BCUT2D eigenvalue weighted by Gasteiger charge is -2.01. The highest BCUT2D eigenvalue weighted by Gasteiger charge is 2.01. The SMILES string of the molecule is C/C(=C(/F)CO)c1ccccc1. The molecule has 0 aliphatic heterocycles. The number of hydrogen-bond acceptors (Lipinski definition) is 1. The summed E-state index contributed by atoms with van der Waals surface area (Å²) in [5, 5.41) is 8.53. The lowest BCUT2D eigenvalue weighted by molar-refractivity contribution is 0.299. The van der Waals surface area contributed by atoms with Crippen LogP contribution in [-0.2, 0) is 0 Å². The van der Waals surface area contributed by atoms with E-state index < -0.39 is 12.4 Å². The molecular weight excluding hydrogens is 155 g/mol. The predicted molar refractivity (Wildman–Crippen MR) is 47.2 cm³/mol. The Morgan fingerprint density at radius 1 is 1.33 bits per heavy atom. The molecule has 1 aromatic rings. The molecule has 0 radical (unpaired) electrons. The van der Waals surface area contributed by atoms with Gasteiger partial charge in [-0.05, 0) is 18.1 Å². The smallest absolute Gasteiger partial charge is 0.129 e. The van der Waals surface area contributed by atoms with Gasteiger partial charge >= 0.3 is 0 Å². The molecule has 1 nitrogen and oxygen atoms in total. The fraction of sp³-hybridized carbons (Fsp3) is 0.200. The Labute approximate surface area is 71.2 Å². The average Bonchev–Trinajstić information content (AvgIpc) is 2.17. The van der Waals surface area contributed by atoms with Gasteiger partial charge in [0.25, 0.3) is 0 Å². The Hall–Kier alpha value is -1.15. The Balaban J connectivity index is 3.00. The molecule has 2 heteroatoms. The molecular formula is C10H11FO. The highest BCUT2D eigenvalue weighted by atomic mass is 19.1. The fourth-order valence-electron chi connectivity index (χ4n) is 0.963. The van der Waals surface area contributed by atoms with Gasteiger partial charge in [-0.2, -0.15) is 0 Å². The molecule has 0 spiro atoms. The van der Waals surface area contributed by atoms with Crippen LogP contribution in [0.2, 0.25) is 0 Å². The summed E-state index contributed by atoms with van der Waals surface area (Å²) in [7, 11) is 0. The first kappa shape index (κ1) is 8.94. The largest absolute Gasteiger partial charge is 0.389 e. The molecule has 0 unspecified atom stereocenters. The van der Waals surface area contributed by atoms with Crippen LogP contribution in [0.5, 0.6) is 0 Å². The Bertz CT molecular complexity index is 277. The van der Waals surface area contributed by atoms with Crippen molar-refractivity contribution in [2.75, 3.05) is 6.61 Å². The second kappa shape index (κ2) is 4.02. The van der Waals surface area contributed by atoms with E-state index in [1.807, 2.05) is 30.3 Å². The molecule has 64 valence electrons. The number of aliphatic hydroxyl groups is 1. The first-order valence-electron chi connectivity index (χ1n) is 3.77. The van der Waals surface area contributed by atoms with Crippen LogP contribution < -0.4 is 0 Å². The number of halogens is 1. The zero-order chi connectivity index (χ0) is 8.97. The maximum Gasteiger partial charge on any atom is 0.129 e. The van der Waals surface area contributed by atoms with E-state index in [-0.39, 0.29) is 0 Å². The Kier molecular flexibility index (Phi) is 3.00. The van der Waals surface area contributed by atoms with Crippen molar-refractivity contribution < 1.29 is 9.50 Å². The monoisotopic (exact) mass is 166 g/mol. The van der Waals surface area contributed by atoms with Crippen LogP contribution in [0.1, 0.15) is 12.5 Å². The summed E-state index contributed by atoms with van der Waals surface area (Å²) < 4.78 is 12.8. The van der Waals surface area contributed by atoms with E-state index in [2.05, 4.69) is 0 Å². The summed E-state index contributed by atoms with van der Waals surface area (Å²) >= 11 is 0. The molecule has 0 amide bonds. The molecule has 1 rings (SSSR count). The normalized spacial score (nSPS) is 12.6. The van der Waals surface area contributed by atoms with Crippen molar-refractivity contribution in [1.29, 1.82) is 0 Å². The quantitative estimate of drug-likeness (QED) is 0.715. The summed E-state index contributed by atoms with van der Waals surface area (Å²) in [5.74, 6) is -0.471. The van der Waals surface area contributed by atoms with E-state index >= 15 is 0 Å². The van der Waals surface area contributed by atoms with Gasteiger partial charge in [-0.15, -0.1) is 0 Å². The molecule has 12 heavy (non-hydrogen) atoms. The molecule has 0 fully saturated rings. The van der Waals surface area contributed by atoms with Gasteiger partial charge in [0.1, 0.15) is 5.83 Å². The van der Waals surface area contributed by atoms with Crippen LogP contribution in [0.3, 0.4) is 0 Å². The minimum absolute atomic E-state index is 0.471. The molecule has 1 N–H and O–H groups in total. The lowest BCUT2D eigenvalue weighted by Crippen LogP contribution is -1.88. The van der Waals surface area contributed by atoms with E-state index in [4.69, 9.17) is 5.11 Å². The number of aliphatic hydroxyl groups excluding tert-OH is 1. The lowest BCUT2D eigenvalue weighted by atomic mass is 10.1. The minimum atomic E-state index is -0.527. The molecule has 0 aromatic heterocycles. The van der Waals surface area contributed by atoms with Gasteiger partial charge in [0.15, 0.2) is 0 Å². The molecule has 0 bridgehead atoms. The first-order chi connectivity index (χ1) is 5.75. The summed E-state index contributed by atoms with van der Waals surface area (Å²) in [5.41, 5.74) is 1.31. The second-order valence-electron chi connectivity index (χ2n) is 2.55. The van der Waals surface area contributed by atoms with Crippen LogP contribution in [-0.4, -0.2) is 11.7 Å². The summed E-state index contributed by atoms with van der Waals surface area (Å²) in [4.78, 5) is 0. The minimum Gasteiger partial charge on any atom is -0.389 e. The molecule has 1 aromatic carbocycles. The standard InChI is InChI=1S/C10H11FO/c1-8(10(11)7-12)9-5-3-2-4-6-9/h2-6,12H,7H2,1H3/b10-8-. The molecule has 0 atom stereocenters. The van der Waals surface area contributed by atoms with Crippen molar-refractivity contribution in [3.63, 3.8) is 0 Å². The molecule has 0 saturated carbocycles. The number of benzene rings is 1. The van der Waals surface area contributed by atoms with Crippen molar-refractivity contribution in [3.05, 3.63) is 41.7 Å². The number of allylic oxidation sites excluding steroid dienone is 1. The van der Waals surface area contributed by atoms with Crippen molar-refractivity contribution in [2.45, 2.75) is 6.92 Å². The van der Waals surface area contributed by atoms with Crippen molar-refractivity contribution in [2.24, 2.45) is 0 Å². The summed E-state index contributed by atoms with van der Waals surface area (Å²) in [6.45, 7) is 1.13. The van der Waals surface area contributed by atoms with E-state index in [9.17, 15) is 4.39 Å². The van der Waals surface area contributed by atoms with Gasteiger partial charge in [-0.25, -0.2) is 4.39 Å². The van der Waals surface area contributed by atoms with Gasteiger partial charge in [0.2, 0.25) is 0 Å². The van der Waals surface area contributed by atoms with Crippen molar-refractivity contribution >= 4 is 5.57 Å². The van der Waals surface area contributed by atoms with Crippen LogP contribution in [0, 0.1) is 0 Å². The molecule has 0 aliphatic carbocycles. The molecule has 0 heterocycles. The summed E-state index contributed by atoms with van der Waals surface area (Å²) in [6, 6.07) is 9.16. The second-order valence-corrected chi connectivity index (χ2v) is 2.55. The van der Waals surface area contributed by atoms with Crippen molar-refractivity contribution in [3.8, 4) is 0 Å². The first-order valence-corrected chi connectivity index (χ1v) is 3.77. The molecule has 0 aliphatic rings. The van der Waals surface area contributed by atoms with Crippen LogP contribution in [0.15, 0.2) is 36.2 Å². The zero-order valence-corrected chi connectivity index (χ0v) is 6.92. The van der Waals surface area contributed by atoms with E-state index in [1.54, 1.807) is 6.92 Å². The maximum atomic E-state index is 12.8. The maximum absolute atomic E-state index is 12.8. The zero-order valence-electron chi connectivity index (χ0n) is 6.92. The van der Waals surface area contributed by atoms with Gasteiger partial charge in [0, 0.05) is 0 Å². The van der Waals surface area contributed by atoms with Gasteiger partial charge in [-0.1, -0.05) is 30.3 Å². The fourth-order valence-corrected chi connectivity index (χ4v) is 0.963.